The number of sulfonamides is 1. The van der Waals surface area contributed by atoms with E-state index in [0.29, 0.717) is 16.6 Å². The Balaban J connectivity index is 1.52. The van der Waals surface area contributed by atoms with Crippen LogP contribution in [-0.4, -0.2) is 41.8 Å². The molecule has 1 heterocycles. The van der Waals surface area contributed by atoms with Crippen LogP contribution in [0.5, 0.6) is 0 Å². The average molecular weight is 480 g/mol. The van der Waals surface area contributed by atoms with E-state index in [1.54, 1.807) is 13.1 Å². The molecule has 2 aromatic carbocycles. The number of hydrogen-bond acceptors (Lipinski definition) is 5. The molecule has 3 aromatic rings. The zero-order chi connectivity index (χ0) is 23.0. The van der Waals surface area contributed by atoms with Gasteiger partial charge in [0.1, 0.15) is 17.3 Å². The van der Waals surface area contributed by atoms with Crippen molar-refractivity contribution in [2.45, 2.75) is 18.9 Å². The van der Waals surface area contributed by atoms with Crippen LogP contribution in [0.4, 0.5) is 15.8 Å². The lowest BCUT2D eigenvalue weighted by molar-refractivity contribution is -0.118. The van der Waals surface area contributed by atoms with E-state index in [4.69, 9.17) is 11.6 Å². The second kappa shape index (κ2) is 8.40. The number of anilines is 2. The van der Waals surface area contributed by atoms with E-state index in [1.165, 1.54) is 28.9 Å². The quantitative estimate of drug-likeness (QED) is 0.481. The fraction of sp³-hybridized carbons (Fsp3) is 0.250. The first-order valence-electron chi connectivity index (χ1n) is 9.64. The predicted molar refractivity (Wildman–Crippen MR) is 119 cm³/mol. The van der Waals surface area contributed by atoms with Crippen molar-refractivity contribution in [3.8, 4) is 0 Å². The molecule has 0 bridgehead atoms. The molecule has 0 radical (unpaired) electrons. The average Bonchev–Trinajstić information content (AvgIpc) is 3.43. The molecule has 12 heteroatoms. The SMILES string of the molecule is Cn1nc2cc(NS(=O)(=O)CC(=O)NC3CC3)ccc2c1C(=O)Nc1ccc(F)c(Cl)c1. The van der Waals surface area contributed by atoms with Crippen LogP contribution in [0.3, 0.4) is 0 Å². The molecule has 32 heavy (non-hydrogen) atoms. The van der Waals surface area contributed by atoms with E-state index in [1.807, 2.05) is 0 Å². The Hall–Kier alpha value is -3.18. The minimum atomic E-state index is -3.91. The van der Waals surface area contributed by atoms with Gasteiger partial charge in [0, 0.05) is 24.2 Å². The minimum absolute atomic E-state index is 0.0677. The molecule has 4 rings (SSSR count). The molecule has 1 aliphatic rings. The first-order chi connectivity index (χ1) is 15.1. The molecule has 1 aliphatic carbocycles. The number of halogens is 2. The number of hydrogen-bond donors (Lipinski definition) is 3. The van der Waals surface area contributed by atoms with E-state index in [-0.39, 0.29) is 22.4 Å². The van der Waals surface area contributed by atoms with Gasteiger partial charge in [0.25, 0.3) is 5.91 Å². The van der Waals surface area contributed by atoms with Gasteiger partial charge in [0.05, 0.1) is 16.2 Å². The van der Waals surface area contributed by atoms with Crippen molar-refractivity contribution in [2.75, 3.05) is 15.8 Å². The van der Waals surface area contributed by atoms with E-state index in [9.17, 15) is 22.4 Å². The van der Waals surface area contributed by atoms with Crippen LogP contribution in [0.2, 0.25) is 5.02 Å². The first-order valence-corrected chi connectivity index (χ1v) is 11.7. The lowest BCUT2D eigenvalue weighted by Gasteiger charge is -2.09. The highest BCUT2D eigenvalue weighted by Crippen LogP contribution is 2.25. The van der Waals surface area contributed by atoms with Gasteiger partial charge in [0.15, 0.2) is 0 Å². The summed E-state index contributed by atoms with van der Waals surface area (Å²) in [6, 6.07) is 8.38. The number of carbonyl (C=O) groups excluding carboxylic acids is 2. The van der Waals surface area contributed by atoms with Gasteiger partial charge >= 0.3 is 0 Å². The molecule has 1 saturated carbocycles. The molecule has 0 spiro atoms. The zero-order valence-electron chi connectivity index (χ0n) is 16.9. The fourth-order valence-corrected chi connectivity index (χ4v) is 4.35. The third kappa shape index (κ3) is 5.00. The summed E-state index contributed by atoms with van der Waals surface area (Å²) in [6.45, 7) is 0. The molecule has 3 N–H and O–H groups in total. The summed E-state index contributed by atoms with van der Waals surface area (Å²) in [4.78, 5) is 24.6. The summed E-state index contributed by atoms with van der Waals surface area (Å²) in [5.41, 5.74) is 1.12. The smallest absolute Gasteiger partial charge is 0.274 e. The number of carbonyl (C=O) groups is 2. The number of nitrogens with one attached hydrogen (secondary N) is 3. The van der Waals surface area contributed by atoms with Crippen molar-refractivity contribution in [2.24, 2.45) is 7.05 Å². The molecule has 0 saturated heterocycles. The molecular weight excluding hydrogens is 461 g/mol. The Morgan fingerprint density at radius 2 is 1.91 bits per heavy atom. The molecule has 1 fully saturated rings. The maximum atomic E-state index is 13.3. The largest absolute Gasteiger partial charge is 0.352 e. The summed E-state index contributed by atoms with van der Waals surface area (Å²) < 4.78 is 41.6. The second-order valence-electron chi connectivity index (χ2n) is 7.49. The number of fused-ring (bicyclic) bond motifs is 1. The van der Waals surface area contributed by atoms with E-state index in [0.717, 1.165) is 18.9 Å². The van der Waals surface area contributed by atoms with Crippen LogP contribution >= 0.6 is 11.6 Å². The molecule has 1 aromatic heterocycles. The maximum Gasteiger partial charge on any atom is 0.274 e. The van der Waals surface area contributed by atoms with Gasteiger partial charge < -0.3 is 10.6 Å². The maximum absolute atomic E-state index is 13.3. The molecule has 0 unspecified atom stereocenters. The molecule has 168 valence electrons. The third-order valence-corrected chi connectivity index (χ3v) is 6.24. The van der Waals surface area contributed by atoms with Crippen molar-refractivity contribution in [3.63, 3.8) is 0 Å². The Bertz CT molecular complexity index is 1340. The summed E-state index contributed by atoms with van der Waals surface area (Å²) in [6.07, 6.45) is 1.72. The molecular formula is C20H19ClFN5O4S. The third-order valence-electron chi connectivity index (χ3n) is 4.76. The van der Waals surface area contributed by atoms with Crippen molar-refractivity contribution in [1.82, 2.24) is 15.1 Å². The van der Waals surface area contributed by atoms with Gasteiger partial charge in [-0.3, -0.25) is 19.0 Å². The summed E-state index contributed by atoms with van der Waals surface area (Å²) in [5, 5.41) is 9.88. The van der Waals surface area contributed by atoms with E-state index >= 15 is 0 Å². The monoisotopic (exact) mass is 479 g/mol. The van der Waals surface area contributed by atoms with Crippen LogP contribution < -0.4 is 15.4 Å². The van der Waals surface area contributed by atoms with Gasteiger partial charge in [-0.2, -0.15) is 5.10 Å². The Morgan fingerprint density at radius 1 is 1.19 bits per heavy atom. The lowest BCUT2D eigenvalue weighted by atomic mass is 10.2. The van der Waals surface area contributed by atoms with Gasteiger partial charge in [0.2, 0.25) is 15.9 Å². The standard InChI is InChI=1S/C20H19ClFN5O4S/c1-27-19(20(29)24-12-5-7-16(22)15(21)8-12)14-6-4-13(9-17(14)25-27)26-32(30,31)10-18(28)23-11-2-3-11/h4-9,11,26H,2-3,10H2,1H3,(H,23,28)(H,24,29). The van der Waals surface area contributed by atoms with Crippen LogP contribution in [0.25, 0.3) is 10.9 Å². The number of nitrogens with zero attached hydrogens (tertiary/aromatic N) is 2. The summed E-state index contributed by atoms with van der Waals surface area (Å²) in [7, 11) is -2.34. The van der Waals surface area contributed by atoms with Crippen molar-refractivity contribution in [1.29, 1.82) is 0 Å². The lowest BCUT2D eigenvalue weighted by Crippen LogP contribution is -2.34. The molecule has 0 aliphatic heterocycles. The summed E-state index contributed by atoms with van der Waals surface area (Å²) in [5.74, 6) is -2.34. The van der Waals surface area contributed by atoms with Gasteiger partial charge in [-0.15, -0.1) is 0 Å². The number of amides is 2. The van der Waals surface area contributed by atoms with Crippen LogP contribution in [0.15, 0.2) is 36.4 Å². The second-order valence-corrected chi connectivity index (χ2v) is 9.62. The zero-order valence-corrected chi connectivity index (χ0v) is 18.4. The van der Waals surface area contributed by atoms with Gasteiger partial charge in [-0.05, 0) is 49.2 Å². The van der Waals surface area contributed by atoms with Crippen LogP contribution in [-0.2, 0) is 21.9 Å². The van der Waals surface area contributed by atoms with Gasteiger partial charge in [-0.25, -0.2) is 12.8 Å². The van der Waals surface area contributed by atoms with Crippen LogP contribution in [0, 0.1) is 5.82 Å². The predicted octanol–water partition coefficient (Wildman–Crippen LogP) is 2.64. The van der Waals surface area contributed by atoms with Crippen molar-refractivity contribution < 1.29 is 22.4 Å². The van der Waals surface area contributed by atoms with E-state index in [2.05, 4.69) is 20.5 Å². The van der Waals surface area contributed by atoms with Crippen molar-refractivity contribution >= 4 is 55.7 Å². The Morgan fingerprint density at radius 3 is 2.59 bits per heavy atom. The fourth-order valence-electron chi connectivity index (χ4n) is 3.18. The minimum Gasteiger partial charge on any atom is -0.352 e. The number of rotatable bonds is 7. The Labute approximate surface area is 188 Å². The molecule has 9 nitrogen and oxygen atoms in total. The number of aryl methyl sites for hydroxylation is 1. The van der Waals surface area contributed by atoms with E-state index < -0.39 is 33.4 Å². The first kappa shape index (κ1) is 22.0. The van der Waals surface area contributed by atoms with Crippen molar-refractivity contribution in [3.05, 3.63) is 52.9 Å². The summed E-state index contributed by atoms with van der Waals surface area (Å²) >= 11 is 5.75. The number of benzene rings is 2. The highest BCUT2D eigenvalue weighted by molar-refractivity contribution is 7.93. The van der Waals surface area contributed by atoms with Crippen LogP contribution in [0.1, 0.15) is 23.3 Å². The highest BCUT2D eigenvalue weighted by Gasteiger charge is 2.26. The number of aromatic nitrogens is 2. The topological polar surface area (TPSA) is 122 Å². The molecule has 2 amide bonds. The van der Waals surface area contributed by atoms with Gasteiger partial charge in [-0.1, -0.05) is 11.6 Å². The highest BCUT2D eigenvalue weighted by atomic mass is 35.5. The molecule has 0 atom stereocenters. The Kier molecular flexibility index (Phi) is 5.78. The normalized spacial score (nSPS) is 13.7.